The molecule has 0 saturated carbocycles. The maximum absolute atomic E-state index is 5.90. The molecular formula is C19H16N4O. The van der Waals surface area contributed by atoms with Crippen molar-refractivity contribution in [2.75, 3.05) is 18.1 Å². The summed E-state index contributed by atoms with van der Waals surface area (Å²) < 4.78 is 5.90. The molecule has 0 aliphatic rings. The van der Waals surface area contributed by atoms with Gasteiger partial charge in [0.15, 0.2) is 5.58 Å². The Balaban J connectivity index is 1.88. The van der Waals surface area contributed by atoms with Crippen molar-refractivity contribution in [1.29, 1.82) is 0 Å². The van der Waals surface area contributed by atoms with E-state index in [0.717, 1.165) is 27.8 Å². The highest BCUT2D eigenvalue weighted by Crippen LogP contribution is 2.32. The number of hydrogen-bond acceptors (Lipinski definition) is 5. The maximum Gasteiger partial charge on any atom is 0.231 e. The van der Waals surface area contributed by atoms with Gasteiger partial charge in [0.25, 0.3) is 0 Å². The largest absolute Gasteiger partial charge is 0.436 e. The molecule has 4 aromatic rings. The zero-order chi connectivity index (χ0) is 16.5. The van der Waals surface area contributed by atoms with Crippen LogP contribution in [0, 0.1) is 0 Å². The Morgan fingerprint density at radius 3 is 2.67 bits per heavy atom. The number of rotatable bonds is 3. The molecule has 0 atom stereocenters. The number of benzene rings is 2. The fourth-order valence-electron chi connectivity index (χ4n) is 2.69. The van der Waals surface area contributed by atoms with Crippen molar-refractivity contribution in [2.45, 2.75) is 0 Å². The Labute approximate surface area is 139 Å². The highest BCUT2D eigenvalue weighted by atomic mass is 16.3. The first-order valence-corrected chi connectivity index (χ1v) is 7.64. The summed E-state index contributed by atoms with van der Waals surface area (Å²) in [6.45, 7) is 0. The lowest BCUT2D eigenvalue weighted by Gasteiger charge is -2.08. The first-order chi connectivity index (χ1) is 11.7. The van der Waals surface area contributed by atoms with Crippen molar-refractivity contribution in [3.8, 4) is 22.6 Å². The van der Waals surface area contributed by atoms with E-state index in [2.05, 4.69) is 15.3 Å². The number of oxazole rings is 1. The molecule has 0 spiro atoms. The van der Waals surface area contributed by atoms with E-state index >= 15 is 0 Å². The predicted octanol–water partition coefficient (Wildman–Crippen LogP) is 4.18. The molecule has 0 unspecified atom stereocenters. The number of aromatic nitrogens is 2. The number of nitrogens with two attached hydrogens (primary N) is 1. The summed E-state index contributed by atoms with van der Waals surface area (Å²) in [5.41, 5.74) is 11.0. The van der Waals surface area contributed by atoms with Gasteiger partial charge in [-0.3, -0.25) is 0 Å². The standard InChI is InChI=1S/C19H16N4O/c1-21-18-15(19-23-16-7-2-3-8-17(16)24-19)10-13(11-22-18)12-5-4-6-14(20)9-12/h2-11H,20H2,1H3,(H,21,22). The number of anilines is 2. The summed E-state index contributed by atoms with van der Waals surface area (Å²) in [6.07, 6.45) is 1.81. The van der Waals surface area contributed by atoms with Crippen LogP contribution in [0.25, 0.3) is 33.7 Å². The van der Waals surface area contributed by atoms with Gasteiger partial charge in [-0.2, -0.15) is 0 Å². The lowest BCUT2D eigenvalue weighted by molar-refractivity contribution is 0.620. The number of hydrogen-bond donors (Lipinski definition) is 2. The van der Waals surface area contributed by atoms with Gasteiger partial charge in [0.1, 0.15) is 11.3 Å². The maximum atomic E-state index is 5.90. The van der Waals surface area contributed by atoms with Crippen molar-refractivity contribution < 1.29 is 4.42 Å². The van der Waals surface area contributed by atoms with Crippen molar-refractivity contribution in [3.05, 3.63) is 60.8 Å². The van der Waals surface area contributed by atoms with Gasteiger partial charge in [-0.25, -0.2) is 9.97 Å². The average molecular weight is 316 g/mol. The van der Waals surface area contributed by atoms with E-state index in [1.807, 2.05) is 67.8 Å². The van der Waals surface area contributed by atoms with E-state index in [-0.39, 0.29) is 0 Å². The quantitative estimate of drug-likeness (QED) is 0.554. The van der Waals surface area contributed by atoms with Gasteiger partial charge < -0.3 is 15.5 Å². The Morgan fingerprint density at radius 2 is 1.88 bits per heavy atom. The molecule has 2 aromatic heterocycles. The second kappa shape index (κ2) is 5.70. The smallest absolute Gasteiger partial charge is 0.231 e. The van der Waals surface area contributed by atoms with Crippen molar-refractivity contribution in [1.82, 2.24) is 9.97 Å². The molecule has 4 rings (SSSR count). The number of fused-ring (bicyclic) bond motifs is 1. The molecule has 2 heterocycles. The SMILES string of the molecule is CNc1ncc(-c2cccc(N)c2)cc1-c1nc2ccccc2o1. The van der Waals surface area contributed by atoms with Crippen LogP contribution in [0.1, 0.15) is 0 Å². The summed E-state index contributed by atoms with van der Waals surface area (Å²) in [5.74, 6) is 1.26. The molecule has 3 N–H and O–H groups in total. The number of nitrogens with one attached hydrogen (secondary N) is 1. The average Bonchev–Trinajstić information content (AvgIpc) is 3.05. The topological polar surface area (TPSA) is 77.0 Å². The molecule has 0 saturated heterocycles. The molecule has 0 aliphatic heterocycles. The van der Waals surface area contributed by atoms with E-state index in [4.69, 9.17) is 10.2 Å². The van der Waals surface area contributed by atoms with Crippen LogP contribution in [0.2, 0.25) is 0 Å². The van der Waals surface area contributed by atoms with Crippen molar-refractivity contribution >= 4 is 22.6 Å². The van der Waals surface area contributed by atoms with Crippen LogP contribution in [0.5, 0.6) is 0 Å². The van der Waals surface area contributed by atoms with E-state index < -0.39 is 0 Å². The minimum Gasteiger partial charge on any atom is -0.436 e. The van der Waals surface area contributed by atoms with Crippen LogP contribution in [-0.2, 0) is 0 Å². The number of para-hydroxylation sites is 2. The number of nitrogen functional groups attached to an aromatic ring is 1. The van der Waals surface area contributed by atoms with Crippen LogP contribution in [0.15, 0.2) is 65.2 Å². The first-order valence-electron chi connectivity index (χ1n) is 7.64. The normalized spacial score (nSPS) is 10.9. The molecule has 0 radical (unpaired) electrons. The molecule has 24 heavy (non-hydrogen) atoms. The van der Waals surface area contributed by atoms with E-state index in [1.54, 1.807) is 0 Å². The molecule has 0 fully saturated rings. The van der Waals surface area contributed by atoms with Gasteiger partial charge in [-0.05, 0) is 35.9 Å². The summed E-state index contributed by atoms with van der Waals surface area (Å²) in [4.78, 5) is 9.07. The van der Waals surface area contributed by atoms with Crippen molar-refractivity contribution in [2.24, 2.45) is 0 Å². The molecule has 0 aliphatic carbocycles. The van der Waals surface area contributed by atoms with E-state index in [1.165, 1.54) is 0 Å². The first kappa shape index (κ1) is 14.3. The summed E-state index contributed by atoms with van der Waals surface area (Å²) in [6, 6.07) is 17.4. The molecule has 5 heteroatoms. The summed E-state index contributed by atoms with van der Waals surface area (Å²) in [7, 11) is 1.83. The van der Waals surface area contributed by atoms with Crippen LogP contribution in [0.4, 0.5) is 11.5 Å². The Bertz CT molecular complexity index is 990. The van der Waals surface area contributed by atoms with Crippen molar-refractivity contribution in [3.63, 3.8) is 0 Å². The van der Waals surface area contributed by atoms with Gasteiger partial charge in [0.2, 0.25) is 5.89 Å². The molecule has 118 valence electrons. The number of nitrogens with zero attached hydrogens (tertiary/aromatic N) is 2. The predicted molar refractivity (Wildman–Crippen MR) is 96.6 cm³/mol. The second-order valence-electron chi connectivity index (χ2n) is 5.48. The van der Waals surface area contributed by atoms with Gasteiger partial charge in [0.05, 0.1) is 5.56 Å². The minimum absolute atomic E-state index is 0.541. The highest BCUT2D eigenvalue weighted by Gasteiger charge is 2.14. The van der Waals surface area contributed by atoms with Crippen LogP contribution >= 0.6 is 0 Å². The van der Waals surface area contributed by atoms with Gasteiger partial charge in [-0.1, -0.05) is 24.3 Å². The van der Waals surface area contributed by atoms with Crippen LogP contribution in [-0.4, -0.2) is 17.0 Å². The molecule has 0 bridgehead atoms. The van der Waals surface area contributed by atoms with Gasteiger partial charge >= 0.3 is 0 Å². The molecular weight excluding hydrogens is 300 g/mol. The lowest BCUT2D eigenvalue weighted by atomic mass is 10.0. The fourth-order valence-corrected chi connectivity index (χ4v) is 2.69. The van der Waals surface area contributed by atoms with Crippen LogP contribution < -0.4 is 11.1 Å². The third kappa shape index (κ3) is 2.46. The van der Waals surface area contributed by atoms with Crippen LogP contribution in [0.3, 0.4) is 0 Å². The summed E-state index contributed by atoms with van der Waals surface area (Å²) >= 11 is 0. The van der Waals surface area contributed by atoms with E-state index in [9.17, 15) is 0 Å². The Kier molecular flexibility index (Phi) is 3.39. The zero-order valence-corrected chi connectivity index (χ0v) is 13.2. The monoisotopic (exact) mass is 316 g/mol. The Hall–Kier alpha value is -3.34. The number of pyridine rings is 1. The lowest BCUT2D eigenvalue weighted by Crippen LogP contribution is -1.96. The summed E-state index contributed by atoms with van der Waals surface area (Å²) in [5, 5.41) is 3.09. The minimum atomic E-state index is 0.541. The van der Waals surface area contributed by atoms with Gasteiger partial charge in [-0.15, -0.1) is 0 Å². The fraction of sp³-hybridized carbons (Fsp3) is 0.0526. The Morgan fingerprint density at radius 1 is 1.00 bits per heavy atom. The highest BCUT2D eigenvalue weighted by molar-refractivity contribution is 5.81. The third-order valence-corrected chi connectivity index (χ3v) is 3.87. The second-order valence-corrected chi connectivity index (χ2v) is 5.48. The molecule has 5 nitrogen and oxygen atoms in total. The molecule has 2 aromatic carbocycles. The van der Waals surface area contributed by atoms with Gasteiger partial charge in [0, 0.05) is 24.5 Å². The van der Waals surface area contributed by atoms with E-state index in [0.29, 0.717) is 17.4 Å². The zero-order valence-electron chi connectivity index (χ0n) is 13.2. The molecule has 0 amide bonds. The third-order valence-electron chi connectivity index (χ3n) is 3.87.